The van der Waals surface area contributed by atoms with Gasteiger partial charge in [-0.2, -0.15) is 4.98 Å². The molecule has 1 saturated heterocycles. The quantitative estimate of drug-likeness (QED) is 0.898. The monoisotopic (exact) mass is 344 g/mol. The smallest absolute Gasteiger partial charge is 0.221 e. The number of imidazole rings is 1. The number of hydrogen-bond donors (Lipinski definition) is 1. The Hall–Kier alpha value is -2.15. The predicted octanol–water partition coefficient (Wildman–Crippen LogP) is 2.33. The standard InChI is InChI=1S/C18H28N6O/c1-12-17(21-13(2)22-18(12)25-5)20-9-14-7-6-8-23(3)16(14)15-10-19-11-24(15)4/h10-11,14,16H,6-9H2,1-5H3,(H,20,21,22)/t14-,16+/m0/s1. The van der Waals surface area contributed by atoms with Crippen LogP contribution in [-0.2, 0) is 7.05 Å². The third-order valence-electron chi connectivity index (χ3n) is 5.10. The second kappa shape index (κ2) is 7.39. The van der Waals surface area contributed by atoms with E-state index in [-0.39, 0.29) is 0 Å². The minimum absolute atomic E-state index is 0.360. The maximum atomic E-state index is 5.36. The highest BCUT2D eigenvalue weighted by atomic mass is 16.5. The fraction of sp³-hybridized carbons (Fsp3) is 0.611. The Bertz CT molecular complexity index is 728. The van der Waals surface area contributed by atoms with Crippen LogP contribution >= 0.6 is 0 Å². The van der Waals surface area contributed by atoms with Gasteiger partial charge in [-0.05, 0) is 46.2 Å². The fourth-order valence-electron chi connectivity index (χ4n) is 3.79. The molecule has 2 aromatic rings. The maximum absolute atomic E-state index is 5.36. The molecule has 2 aromatic heterocycles. The largest absolute Gasteiger partial charge is 0.481 e. The summed E-state index contributed by atoms with van der Waals surface area (Å²) in [4.78, 5) is 15.6. The highest BCUT2D eigenvalue weighted by molar-refractivity contribution is 5.48. The second-order valence-electron chi connectivity index (χ2n) is 6.89. The lowest BCUT2D eigenvalue weighted by Crippen LogP contribution is -2.39. The zero-order chi connectivity index (χ0) is 18.0. The molecule has 0 spiro atoms. The van der Waals surface area contributed by atoms with Crippen LogP contribution in [-0.4, -0.2) is 51.7 Å². The van der Waals surface area contributed by atoms with Crippen molar-refractivity contribution in [3.63, 3.8) is 0 Å². The van der Waals surface area contributed by atoms with Crippen LogP contribution < -0.4 is 10.1 Å². The van der Waals surface area contributed by atoms with Crippen molar-refractivity contribution in [3.05, 3.63) is 29.6 Å². The number of methoxy groups -OCH3 is 1. The first-order valence-electron chi connectivity index (χ1n) is 8.80. The number of piperidine rings is 1. The van der Waals surface area contributed by atoms with Crippen LogP contribution in [0.3, 0.4) is 0 Å². The molecule has 0 aromatic carbocycles. The SMILES string of the molecule is COc1nc(C)nc(NC[C@@H]2CCCN(C)[C@H]2c2cncn2C)c1C. The van der Waals surface area contributed by atoms with E-state index in [0.29, 0.717) is 23.7 Å². The molecule has 25 heavy (non-hydrogen) atoms. The van der Waals surface area contributed by atoms with Crippen LogP contribution in [0, 0.1) is 19.8 Å². The number of likely N-dealkylation sites (tertiary alicyclic amines) is 1. The summed E-state index contributed by atoms with van der Waals surface area (Å²) >= 11 is 0. The summed E-state index contributed by atoms with van der Waals surface area (Å²) in [5, 5.41) is 3.54. The highest BCUT2D eigenvalue weighted by Gasteiger charge is 2.32. The van der Waals surface area contributed by atoms with E-state index in [9.17, 15) is 0 Å². The van der Waals surface area contributed by atoms with E-state index in [0.717, 1.165) is 24.5 Å². The van der Waals surface area contributed by atoms with Crippen molar-refractivity contribution in [1.82, 2.24) is 24.4 Å². The van der Waals surface area contributed by atoms with Crippen molar-refractivity contribution in [1.29, 1.82) is 0 Å². The van der Waals surface area contributed by atoms with Gasteiger partial charge in [-0.25, -0.2) is 9.97 Å². The molecule has 0 aliphatic carbocycles. The minimum atomic E-state index is 0.360. The molecule has 0 radical (unpaired) electrons. The number of aryl methyl sites for hydroxylation is 2. The number of anilines is 1. The summed E-state index contributed by atoms with van der Waals surface area (Å²) in [5.41, 5.74) is 2.22. The van der Waals surface area contributed by atoms with Gasteiger partial charge in [0.1, 0.15) is 11.6 Å². The average molecular weight is 344 g/mol. The maximum Gasteiger partial charge on any atom is 0.221 e. The molecule has 7 nitrogen and oxygen atoms in total. The van der Waals surface area contributed by atoms with Crippen molar-refractivity contribution >= 4 is 5.82 Å². The Labute approximate surface area is 149 Å². The lowest BCUT2D eigenvalue weighted by Gasteiger charge is -2.39. The molecular weight excluding hydrogens is 316 g/mol. The van der Waals surface area contributed by atoms with Crippen LogP contribution in [0.25, 0.3) is 0 Å². The van der Waals surface area contributed by atoms with Gasteiger partial charge in [-0.15, -0.1) is 0 Å². The zero-order valence-electron chi connectivity index (χ0n) is 15.8. The van der Waals surface area contributed by atoms with E-state index < -0.39 is 0 Å². The van der Waals surface area contributed by atoms with Crippen molar-refractivity contribution in [2.45, 2.75) is 32.7 Å². The van der Waals surface area contributed by atoms with Gasteiger partial charge >= 0.3 is 0 Å². The van der Waals surface area contributed by atoms with Crippen LogP contribution in [0.2, 0.25) is 0 Å². The van der Waals surface area contributed by atoms with Crippen molar-refractivity contribution < 1.29 is 4.74 Å². The number of rotatable bonds is 5. The molecule has 0 saturated carbocycles. The number of ether oxygens (including phenoxy) is 1. The molecule has 0 amide bonds. The van der Waals surface area contributed by atoms with Gasteiger partial charge in [0, 0.05) is 19.8 Å². The van der Waals surface area contributed by atoms with Gasteiger partial charge in [0.2, 0.25) is 5.88 Å². The van der Waals surface area contributed by atoms with Gasteiger partial charge in [0.15, 0.2) is 0 Å². The molecule has 1 aliphatic heterocycles. The van der Waals surface area contributed by atoms with Crippen LogP contribution in [0.4, 0.5) is 5.82 Å². The van der Waals surface area contributed by atoms with Crippen LogP contribution in [0.5, 0.6) is 5.88 Å². The first-order valence-corrected chi connectivity index (χ1v) is 8.80. The molecule has 7 heteroatoms. The molecular formula is C18H28N6O. The van der Waals surface area contributed by atoms with Crippen molar-refractivity contribution in [2.75, 3.05) is 32.6 Å². The molecule has 1 aliphatic rings. The van der Waals surface area contributed by atoms with Gasteiger partial charge in [0.25, 0.3) is 0 Å². The van der Waals surface area contributed by atoms with E-state index in [2.05, 4.69) is 43.8 Å². The van der Waals surface area contributed by atoms with Crippen molar-refractivity contribution in [3.8, 4) is 5.88 Å². The second-order valence-corrected chi connectivity index (χ2v) is 6.89. The zero-order valence-corrected chi connectivity index (χ0v) is 15.8. The van der Waals surface area contributed by atoms with E-state index in [4.69, 9.17) is 4.74 Å². The lowest BCUT2D eigenvalue weighted by atomic mass is 9.87. The molecule has 1 N–H and O–H groups in total. The Balaban J connectivity index is 1.79. The van der Waals surface area contributed by atoms with Gasteiger partial charge in [-0.1, -0.05) is 0 Å². The minimum Gasteiger partial charge on any atom is -0.481 e. The molecule has 3 heterocycles. The van der Waals surface area contributed by atoms with Crippen LogP contribution in [0.1, 0.15) is 36.0 Å². The number of aromatic nitrogens is 4. The van der Waals surface area contributed by atoms with Crippen molar-refractivity contribution in [2.24, 2.45) is 13.0 Å². The topological polar surface area (TPSA) is 68.1 Å². The third kappa shape index (κ3) is 3.61. The Morgan fingerprint density at radius 2 is 2.08 bits per heavy atom. The molecule has 0 unspecified atom stereocenters. The third-order valence-corrected chi connectivity index (χ3v) is 5.10. The van der Waals surface area contributed by atoms with Crippen LogP contribution in [0.15, 0.2) is 12.5 Å². The molecule has 0 bridgehead atoms. The fourth-order valence-corrected chi connectivity index (χ4v) is 3.79. The van der Waals surface area contributed by atoms with Gasteiger partial charge in [0.05, 0.1) is 30.7 Å². The summed E-state index contributed by atoms with van der Waals surface area (Å²) in [6.07, 6.45) is 6.27. The summed E-state index contributed by atoms with van der Waals surface area (Å²) in [6.45, 7) is 5.86. The normalized spacial score (nSPS) is 21.3. The van der Waals surface area contributed by atoms with Gasteiger partial charge in [-0.3, -0.25) is 4.90 Å². The summed E-state index contributed by atoms with van der Waals surface area (Å²) < 4.78 is 7.49. The average Bonchev–Trinajstić information content (AvgIpc) is 3.01. The molecule has 3 rings (SSSR count). The summed E-state index contributed by atoms with van der Waals surface area (Å²) in [7, 11) is 5.91. The Kier molecular flexibility index (Phi) is 5.22. The summed E-state index contributed by atoms with van der Waals surface area (Å²) in [5.74, 6) is 2.71. The Morgan fingerprint density at radius 3 is 2.76 bits per heavy atom. The first-order chi connectivity index (χ1) is 12.0. The summed E-state index contributed by atoms with van der Waals surface area (Å²) in [6, 6.07) is 0.360. The Morgan fingerprint density at radius 1 is 1.28 bits per heavy atom. The van der Waals surface area contributed by atoms with E-state index >= 15 is 0 Å². The van der Waals surface area contributed by atoms with E-state index in [1.807, 2.05) is 26.4 Å². The number of nitrogens with zero attached hydrogens (tertiary/aromatic N) is 5. The number of nitrogens with one attached hydrogen (secondary N) is 1. The predicted molar refractivity (Wildman–Crippen MR) is 97.9 cm³/mol. The molecule has 136 valence electrons. The molecule has 2 atom stereocenters. The van der Waals surface area contributed by atoms with E-state index in [1.165, 1.54) is 18.5 Å². The lowest BCUT2D eigenvalue weighted by molar-refractivity contribution is 0.122. The highest BCUT2D eigenvalue weighted by Crippen LogP contribution is 2.35. The van der Waals surface area contributed by atoms with Gasteiger partial charge < -0.3 is 14.6 Å². The first kappa shape index (κ1) is 17.7. The van der Waals surface area contributed by atoms with E-state index in [1.54, 1.807) is 7.11 Å². The molecule has 1 fully saturated rings. The number of hydrogen-bond acceptors (Lipinski definition) is 6.